The molecule has 3 unspecified atom stereocenters. The molecule has 1 amide bonds. The zero-order valence-corrected chi connectivity index (χ0v) is 51.6. The number of nitrogens with zero attached hydrogens (tertiary/aromatic N) is 1. The van der Waals surface area contributed by atoms with Crippen molar-refractivity contribution in [2.75, 3.05) is 40.9 Å². The van der Waals surface area contributed by atoms with E-state index in [4.69, 9.17) is 13.8 Å². The molecule has 0 radical (unpaired) electrons. The van der Waals surface area contributed by atoms with Crippen LogP contribution in [0, 0.1) is 0 Å². The second-order valence-electron chi connectivity index (χ2n) is 22.9. The summed E-state index contributed by atoms with van der Waals surface area (Å²) in [7, 11) is 1.17. The molecule has 0 aliphatic rings. The van der Waals surface area contributed by atoms with E-state index in [1.165, 1.54) is 180 Å². The minimum atomic E-state index is -4.71. The van der Waals surface area contributed by atoms with Crippen LogP contribution in [-0.2, 0) is 27.9 Å². The lowest BCUT2D eigenvalue weighted by atomic mass is 10.0. The highest BCUT2D eigenvalue weighted by molar-refractivity contribution is 7.45. The first-order chi connectivity index (χ1) is 36.9. The van der Waals surface area contributed by atoms with Crippen LogP contribution in [-0.4, -0.2) is 69.4 Å². The highest BCUT2D eigenvalue weighted by Crippen LogP contribution is 2.38. The summed E-state index contributed by atoms with van der Waals surface area (Å²) >= 11 is 0. The van der Waals surface area contributed by atoms with E-state index in [-0.39, 0.29) is 31.3 Å². The smallest absolute Gasteiger partial charge is 0.306 e. The molecule has 444 valence electrons. The Morgan fingerprint density at radius 1 is 0.461 bits per heavy atom. The second kappa shape index (κ2) is 56.0. The van der Waals surface area contributed by atoms with E-state index in [1.807, 2.05) is 33.3 Å². The lowest BCUT2D eigenvalue weighted by Gasteiger charge is -2.30. The number of amides is 1. The molecule has 10 heteroatoms. The molecule has 0 aromatic rings. The molecule has 0 spiro atoms. The number of hydrogen-bond donors (Lipinski definition) is 1. The van der Waals surface area contributed by atoms with E-state index in [0.717, 1.165) is 77.0 Å². The molecule has 9 nitrogen and oxygen atoms in total. The van der Waals surface area contributed by atoms with E-state index in [1.54, 1.807) is 0 Å². The number of quaternary nitrogens is 1. The Kier molecular flexibility index (Phi) is 54.3. The number of carbonyl (C=O) groups is 2. The summed E-state index contributed by atoms with van der Waals surface area (Å²) in [6, 6.07) is -0.904. The van der Waals surface area contributed by atoms with Crippen molar-refractivity contribution in [2.45, 2.75) is 309 Å². The molecule has 3 atom stereocenters. The molecule has 0 aliphatic carbocycles. The minimum absolute atomic E-state index is 0.0288. The van der Waals surface area contributed by atoms with Gasteiger partial charge in [0.2, 0.25) is 5.91 Å². The van der Waals surface area contributed by atoms with Crippen LogP contribution in [0.5, 0.6) is 0 Å². The van der Waals surface area contributed by atoms with Gasteiger partial charge < -0.3 is 28.5 Å². The Labute approximate surface area is 471 Å². The maximum Gasteiger partial charge on any atom is 0.306 e. The van der Waals surface area contributed by atoms with Crippen LogP contribution >= 0.6 is 7.82 Å². The Balaban J connectivity index is 5.27. The Morgan fingerprint density at radius 2 is 0.803 bits per heavy atom. The number of likely N-dealkylation sites (N-methyl/N-ethyl adjacent to an activating group) is 1. The van der Waals surface area contributed by atoms with Crippen LogP contribution in [0.3, 0.4) is 0 Å². The third-order valence-corrected chi connectivity index (χ3v) is 15.2. The van der Waals surface area contributed by atoms with E-state index in [2.05, 4.69) is 74.7 Å². The molecule has 0 fully saturated rings. The van der Waals surface area contributed by atoms with Crippen LogP contribution in [0.2, 0.25) is 0 Å². The van der Waals surface area contributed by atoms with Crippen LogP contribution in [0.25, 0.3) is 0 Å². The largest absolute Gasteiger partial charge is 0.756 e. The number of ether oxygens (including phenoxy) is 1. The van der Waals surface area contributed by atoms with Crippen molar-refractivity contribution in [2.24, 2.45) is 0 Å². The van der Waals surface area contributed by atoms with Crippen molar-refractivity contribution in [3.05, 3.63) is 60.8 Å². The highest BCUT2D eigenvalue weighted by Gasteiger charge is 2.27. The first kappa shape index (κ1) is 73.7. The maximum atomic E-state index is 13.5. The number of nitrogens with one attached hydrogen (secondary N) is 1. The molecule has 76 heavy (non-hydrogen) atoms. The van der Waals surface area contributed by atoms with Gasteiger partial charge in [-0.15, -0.1) is 0 Å². The van der Waals surface area contributed by atoms with Gasteiger partial charge in [0.25, 0.3) is 7.82 Å². The predicted octanol–water partition coefficient (Wildman–Crippen LogP) is 19.2. The number of allylic oxidation sites excluding steroid dienone is 9. The van der Waals surface area contributed by atoms with Crippen LogP contribution in [0.4, 0.5) is 0 Å². The van der Waals surface area contributed by atoms with Gasteiger partial charge in [-0.2, -0.15) is 0 Å². The zero-order valence-electron chi connectivity index (χ0n) is 50.7. The lowest BCUT2D eigenvalue weighted by molar-refractivity contribution is -0.870. The molecule has 0 saturated heterocycles. The van der Waals surface area contributed by atoms with Gasteiger partial charge in [-0.1, -0.05) is 268 Å². The third kappa shape index (κ3) is 56.4. The second-order valence-corrected chi connectivity index (χ2v) is 24.3. The summed E-state index contributed by atoms with van der Waals surface area (Å²) in [5.74, 6) is -0.567. The van der Waals surface area contributed by atoms with Crippen molar-refractivity contribution >= 4 is 19.7 Å². The number of esters is 1. The Bertz CT molecular complexity index is 1490. The average Bonchev–Trinajstić information content (AvgIpc) is 3.38. The number of unbranched alkanes of at least 4 members (excludes halogenated alkanes) is 34. The lowest BCUT2D eigenvalue weighted by Crippen LogP contribution is -2.47. The number of carbonyl (C=O) groups excluding carboxylic acids is 2. The summed E-state index contributed by atoms with van der Waals surface area (Å²) in [6.45, 7) is 6.81. The van der Waals surface area contributed by atoms with Gasteiger partial charge in [-0.25, -0.2) is 0 Å². The molecule has 0 heterocycles. The molecule has 0 aromatic heterocycles. The minimum Gasteiger partial charge on any atom is -0.756 e. The Hall–Kier alpha value is -2.29. The van der Waals surface area contributed by atoms with Gasteiger partial charge in [0.05, 0.1) is 33.8 Å². The fourth-order valence-corrected chi connectivity index (χ4v) is 9.94. The normalized spacial score (nSPS) is 14.0. The van der Waals surface area contributed by atoms with Crippen molar-refractivity contribution < 1.29 is 37.3 Å². The van der Waals surface area contributed by atoms with Gasteiger partial charge in [0.15, 0.2) is 0 Å². The topological polar surface area (TPSA) is 114 Å². The summed E-state index contributed by atoms with van der Waals surface area (Å²) in [5.41, 5.74) is 0. The first-order valence-electron chi connectivity index (χ1n) is 32.1. The van der Waals surface area contributed by atoms with Gasteiger partial charge in [-0.3, -0.25) is 14.2 Å². The number of phosphoric acid groups is 1. The fourth-order valence-electron chi connectivity index (χ4n) is 9.21. The third-order valence-electron chi connectivity index (χ3n) is 14.2. The molecule has 0 rings (SSSR count). The summed E-state index contributed by atoms with van der Waals surface area (Å²) in [6.07, 6.45) is 70.4. The van der Waals surface area contributed by atoms with E-state index >= 15 is 0 Å². The Morgan fingerprint density at radius 3 is 1.24 bits per heavy atom. The number of rotatable bonds is 58. The average molecular weight is 1090 g/mol. The molecule has 0 aliphatic heterocycles. The fraction of sp³-hybridized carbons (Fsp3) is 0.818. The quantitative estimate of drug-likeness (QED) is 0.0212. The number of phosphoric ester groups is 1. The van der Waals surface area contributed by atoms with E-state index < -0.39 is 26.6 Å². The SMILES string of the molecule is CCCCC/C=C\C/C=C\C/C=C\C/C=C\CCCCCC(=O)NC(COP(=O)([O-])OCC[N+](C)(C)C)C(/C=C/CCCCCCCCCCCC)OC(=O)CCCCCCCCCCCCCCCCCCCCC. The molecular weight excluding hydrogens is 964 g/mol. The van der Waals surface area contributed by atoms with Crippen LogP contribution in [0.1, 0.15) is 297 Å². The van der Waals surface area contributed by atoms with Crippen molar-refractivity contribution in [1.29, 1.82) is 0 Å². The van der Waals surface area contributed by atoms with Gasteiger partial charge in [0, 0.05) is 12.8 Å². The molecule has 1 N–H and O–H groups in total. The zero-order chi connectivity index (χ0) is 55.7. The van der Waals surface area contributed by atoms with Crippen molar-refractivity contribution in [1.82, 2.24) is 5.32 Å². The van der Waals surface area contributed by atoms with Crippen molar-refractivity contribution in [3.8, 4) is 0 Å². The van der Waals surface area contributed by atoms with E-state index in [9.17, 15) is 19.0 Å². The standard InChI is InChI=1S/C66H123N2O7P/c1-7-10-13-16-19-22-25-28-30-32-34-36-38-40-43-46-49-52-55-58-65(69)67-63(62-74-76(71,72)73-61-60-68(4,5)6)64(57-54-51-48-45-42-27-24-21-18-15-12-9-3)75-66(70)59-56-53-50-47-44-41-39-37-35-33-31-29-26-23-20-17-14-11-8-2/h19,22,28,30,34,36,40,43,54,57,63-64H,7-18,20-21,23-27,29,31-33,35,37-39,41-42,44-53,55-56,58-62H2,1-6H3,(H-,67,69,71,72)/b22-19-,30-28-,36-34-,43-40-,57-54+. The van der Waals surface area contributed by atoms with Gasteiger partial charge in [-0.05, 0) is 76.7 Å². The first-order valence-corrected chi connectivity index (χ1v) is 33.6. The maximum absolute atomic E-state index is 13.5. The summed E-state index contributed by atoms with van der Waals surface area (Å²) < 4.78 is 30.3. The number of hydrogen-bond acceptors (Lipinski definition) is 7. The van der Waals surface area contributed by atoms with E-state index in [0.29, 0.717) is 17.4 Å². The van der Waals surface area contributed by atoms with Crippen molar-refractivity contribution in [3.63, 3.8) is 0 Å². The van der Waals surface area contributed by atoms with Crippen LogP contribution in [0.15, 0.2) is 60.8 Å². The highest BCUT2D eigenvalue weighted by atomic mass is 31.2. The van der Waals surface area contributed by atoms with Crippen LogP contribution < -0.4 is 10.2 Å². The monoisotopic (exact) mass is 1090 g/mol. The predicted molar refractivity (Wildman–Crippen MR) is 325 cm³/mol. The summed E-state index contributed by atoms with van der Waals surface area (Å²) in [4.78, 5) is 40.0. The van der Waals surface area contributed by atoms with Gasteiger partial charge in [0.1, 0.15) is 19.3 Å². The molecular formula is C66H123N2O7P. The molecule has 0 saturated carbocycles. The summed E-state index contributed by atoms with van der Waals surface area (Å²) in [5, 5.41) is 3.02. The molecule has 0 aromatic carbocycles. The van der Waals surface area contributed by atoms with Gasteiger partial charge >= 0.3 is 5.97 Å². The molecule has 0 bridgehead atoms.